The molecular weight excluding hydrogens is 310 g/mol. The van der Waals surface area contributed by atoms with Crippen molar-refractivity contribution in [3.63, 3.8) is 0 Å². The SMILES string of the molecule is C=c1/c(=C\c2ccc(N(C)C)c3ccccc23)oc(=NC(C)C)n1C. The van der Waals surface area contributed by atoms with Crippen molar-refractivity contribution >= 4 is 29.1 Å². The van der Waals surface area contributed by atoms with E-state index >= 15 is 0 Å². The number of rotatable bonds is 3. The van der Waals surface area contributed by atoms with Crippen LogP contribution in [0.2, 0.25) is 0 Å². The second kappa shape index (κ2) is 6.63. The molecule has 0 amide bonds. The quantitative estimate of drug-likeness (QED) is 0.736. The summed E-state index contributed by atoms with van der Waals surface area (Å²) in [6.45, 7) is 8.20. The van der Waals surface area contributed by atoms with Crippen LogP contribution in [0.1, 0.15) is 19.4 Å². The Labute approximate surface area is 148 Å². The van der Waals surface area contributed by atoms with E-state index in [0.717, 1.165) is 16.3 Å². The van der Waals surface area contributed by atoms with Crippen molar-refractivity contribution in [1.82, 2.24) is 4.57 Å². The van der Waals surface area contributed by atoms with Gasteiger partial charge in [0.1, 0.15) is 0 Å². The summed E-state index contributed by atoms with van der Waals surface area (Å²) in [6.07, 6.45) is 2.05. The molecule has 0 aliphatic rings. The lowest BCUT2D eigenvalue weighted by molar-refractivity contribution is 0.440. The third-order valence-corrected chi connectivity index (χ3v) is 4.25. The fraction of sp³-hybridized carbons (Fsp3) is 0.286. The maximum Gasteiger partial charge on any atom is 0.297 e. The number of anilines is 1. The summed E-state index contributed by atoms with van der Waals surface area (Å²) in [7, 11) is 6.05. The predicted molar refractivity (Wildman–Crippen MR) is 105 cm³/mol. The lowest BCUT2D eigenvalue weighted by Crippen LogP contribution is -2.29. The molecule has 0 unspecified atom stereocenters. The fourth-order valence-electron chi connectivity index (χ4n) is 2.92. The third-order valence-electron chi connectivity index (χ3n) is 4.25. The molecule has 25 heavy (non-hydrogen) atoms. The molecule has 0 fully saturated rings. The van der Waals surface area contributed by atoms with Crippen LogP contribution in [0.25, 0.3) is 23.4 Å². The highest BCUT2D eigenvalue weighted by Crippen LogP contribution is 2.28. The van der Waals surface area contributed by atoms with Crippen LogP contribution < -0.4 is 21.3 Å². The summed E-state index contributed by atoms with van der Waals surface area (Å²) in [6, 6.07) is 12.8. The van der Waals surface area contributed by atoms with Crippen molar-refractivity contribution in [3.05, 3.63) is 58.4 Å². The Bertz CT molecular complexity index is 1080. The van der Waals surface area contributed by atoms with Crippen molar-refractivity contribution in [1.29, 1.82) is 0 Å². The predicted octanol–water partition coefficient (Wildman–Crippen LogP) is 2.39. The van der Waals surface area contributed by atoms with E-state index in [1.54, 1.807) is 0 Å². The molecule has 0 atom stereocenters. The third kappa shape index (κ3) is 3.25. The number of fused-ring (bicyclic) bond motifs is 1. The van der Waals surface area contributed by atoms with Crippen LogP contribution in [0.4, 0.5) is 5.69 Å². The molecule has 0 radical (unpaired) electrons. The number of nitrogens with zero attached hydrogens (tertiary/aromatic N) is 3. The van der Waals surface area contributed by atoms with Gasteiger partial charge in [0, 0.05) is 38.3 Å². The van der Waals surface area contributed by atoms with Gasteiger partial charge in [-0.2, -0.15) is 0 Å². The Hall–Kier alpha value is -2.75. The van der Waals surface area contributed by atoms with E-state index in [1.807, 2.05) is 31.5 Å². The lowest BCUT2D eigenvalue weighted by Gasteiger charge is -2.16. The van der Waals surface area contributed by atoms with E-state index in [0.29, 0.717) is 5.68 Å². The van der Waals surface area contributed by atoms with Crippen molar-refractivity contribution < 1.29 is 4.42 Å². The molecule has 0 N–H and O–H groups in total. The van der Waals surface area contributed by atoms with Crippen LogP contribution in [0.3, 0.4) is 0 Å². The van der Waals surface area contributed by atoms with E-state index in [1.165, 1.54) is 16.5 Å². The molecule has 4 nitrogen and oxygen atoms in total. The van der Waals surface area contributed by atoms with Crippen LogP contribution in [0.5, 0.6) is 0 Å². The monoisotopic (exact) mass is 335 g/mol. The molecule has 4 heteroatoms. The Kier molecular flexibility index (Phi) is 4.53. The van der Waals surface area contributed by atoms with Gasteiger partial charge in [-0.3, -0.25) is 4.57 Å². The number of oxazole rings is 1. The number of aromatic nitrogens is 1. The van der Waals surface area contributed by atoms with Gasteiger partial charge in [-0.1, -0.05) is 36.9 Å². The number of hydrogen-bond donors (Lipinski definition) is 0. The van der Waals surface area contributed by atoms with Gasteiger partial charge in [-0.15, -0.1) is 0 Å². The molecule has 0 aliphatic carbocycles. The first-order valence-electron chi connectivity index (χ1n) is 8.48. The fourth-order valence-corrected chi connectivity index (χ4v) is 2.92. The molecule has 1 heterocycles. The molecule has 3 aromatic rings. The van der Waals surface area contributed by atoms with Crippen LogP contribution >= 0.6 is 0 Å². The van der Waals surface area contributed by atoms with Crippen LogP contribution in [0, 0.1) is 0 Å². The zero-order valence-electron chi connectivity index (χ0n) is 15.6. The minimum Gasteiger partial charge on any atom is -0.424 e. The molecule has 2 aromatic carbocycles. The van der Waals surface area contributed by atoms with Crippen molar-refractivity contribution in [3.8, 4) is 0 Å². The van der Waals surface area contributed by atoms with Crippen molar-refractivity contribution in [2.75, 3.05) is 19.0 Å². The van der Waals surface area contributed by atoms with Gasteiger partial charge >= 0.3 is 0 Å². The van der Waals surface area contributed by atoms with E-state index in [2.05, 4.69) is 67.0 Å². The van der Waals surface area contributed by atoms with E-state index in [9.17, 15) is 0 Å². The molecule has 1 aromatic heterocycles. The number of benzene rings is 2. The molecular formula is C21H25N3O. The summed E-state index contributed by atoms with van der Waals surface area (Å²) < 4.78 is 7.85. The molecule has 3 rings (SSSR count). The first-order chi connectivity index (χ1) is 11.9. The van der Waals surface area contributed by atoms with Gasteiger partial charge in [-0.25, -0.2) is 4.99 Å². The summed E-state index contributed by atoms with van der Waals surface area (Å²) in [4.78, 5) is 6.64. The molecule has 0 saturated carbocycles. The summed E-state index contributed by atoms with van der Waals surface area (Å²) in [5, 5.41) is 3.23. The summed E-state index contributed by atoms with van der Waals surface area (Å²) >= 11 is 0. The highest BCUT2D eigenvalue weighted by atomic mass is 16.3. The number of hydrogen-bond acceptors (Lipinski definition) is 3. The second-order valence-corrected chi connectivity index (χ2v) is 6.74. The topological polar surface area (TPSA) is 33.7 Å². The first kappa shape index (κ1) is 17.1. The molecule has 0 spiro atoms. The largest absolute Gasteiger partial charge is 0.424 e. The second-order valence-electron chi connectivity index (χ2n) is 6.74. The average molecular weight is 335 g/mol. The molecule has 0 bridgehead atoms. The van der Waals surface area contributed by atoms with Gasteiger partial charge in [0.25, 0.3) is 5.68 Å². The first-order valence-corrected chi connectivity index (χ1v) is 8.48. The van der Waals surface area contributed by atoms with E-state index in [4.69, 9.17) is 4.42 Å². The highest BCUT2D eigenvalue weighted by molar-refractivity contribution is 5.99. The molecule has 0 aliphatic heterocycles. The van der Waals surface area contributed by atoms with Gasteiger partial charge in [0.05, 0.1) is 5.35 Å². The van der Waals surface area contributed by atoms with Crippen LogP contribution in [0.15, 0.2) is 45.8 Å². The van der Waals surface area contributed by atoms with Crippen molar-refractivity contribution in [2.45, 2.75) is 19.9 Å². The summed E-state index contributed by atoms with van der Waals surface area (Å²) in [5.74, 6) is 0. The van der Waals surface area contributed by atoms with Gasteiger partial charge in [0.15, 0.2) is 5.42 Å². The minimum atomic E-state index is 0.171. The van der Waals surface area contributed by atoms with Crippen LogP contribution in [-0.2, 0) is 7.05 Å². The maximum atomic E-state index is 5.95. The Morgan fingerprint density at radius 3 is 2.44 bits per heavy atom. The Morgan fingerprint density at radius 2 is 1.80 bits per heavy atom. The minimum absolute atomic E-state index is 0.171. The zero-order valence-corrected chi connectivity index (χ0v) is 15.6. The average Bonchev–Trinajstić information content (AvgIpc) is 2.82. The standard InChI is InChI=1S/C21H25N3O/c1-14(2)22-21-24(6)15(3)20(25-21)13-16-11-12-19(23(4)5)18-10-8-7-9-17(16)18/h7-14H,3H2,1-2,4-6H3/b20-13+,22-21?. The lowest BCUT2D eigenvalue weighted by atomic mass is 10.0. The van der Waals surface area contributed by atoms with Gasteiger partial charge in [0.2, 0.25) is 0 Å². The maximum absolute atomic E-state index is 5.95. The van der Waals surface area contributed by atoms with Crippen molar-refractivity contribution in [2.24, 2.45) is 12.0 Å². The van der Waals surface area contributed by atoms with E-state index < -0.39 is 0 Å². The molecule has 130 valence electrons. The zero-order chi connectivity index (χ0) is 18.1. The normalized spacial score (nSPS) is 13.2. The highest BCUT2D eigenvalue weighted by Gasteiger charge is 2.07. The Morgan fingerprint density at radius 1 is 1.12 bits per heavy atom. The van der Waals surface area contributed by atoms with Gasteiger partial charge in [-0.05, 0) is 36.9 Å². The summed E-state index contributed by atoms with van der Waals surface area (Å²) in [5.41, 5.74) is 3.64. The smallest absolute Gasteiger partial charge is 0.297 e. The molecule has 0 saturated heterocycles. The van der Waals surface area contributed by atoms with Gasteiger partial charge < -0.3 is 9.32 Å². The Balaban J connectivity index is 2.28. The van der Waals surface area contributed by atoms with Crippen LogP contribution in [-0.4, -0.2) is 24.7 Å². The van der Waals surface area contributed by atoms with E-state index in [-0.39, 0.29) is 6.04 Å².